The molecule has 1 aromatic carbocycles. The van der Waals surface area contributed by atoms with Gasteiger partial charge in [0, 0.05) is 12.1 Å². The van der Waals surface area contributed by atoms with Gasteiger partial charge in [-0.2, -0.15) is 8.42 Å². The number of nitro groups is 1. The second-order valence-electron chi connectivity index (χ2n) is 3.36. The molecule has 0 heterocycles. The van der Waals surface area contributed by atoms with Crippen molar-refractivity contribution >= 4 is 15.8 Å². The molecule has 8 heteroatoms. The Morgan fingerprint density at radius 2 is 2.18 bits per heavy atom. The first-order chi connectivity index (χ1) is 7.79. The van der Waals surface area contributed by atoms with Gasteiger partial charge in [0.05, 0.1) is 17.8 Å². The largest absolute Gasteiger partial charge is 0.386 e. The molecule has 0 radical (unpaired) electrons. The van der Waals surface area contributed by atoms with Crippen LogP contribution in [0.3, 0.4) is 0 Å². The summed E-state index contributed by atoms with van der Waals surface area (Å²) >= 11 is 0. The Kier molecular flexibility index (Phi) is 4.16. The summed E-state index contributed by atoms with van der Waals surface area (Å²) in [5.74, 6) is 0. The van der Waals surface area contributed by atoms with E-state index in [0.717, 1.165) is 12.3 Å². The van der Waals surface area contributed by atoms with Crippen LogP contribution in [0.1, 0.15) is 11.7 Å². The fourth-order valence-electron chi connectivity index (χ4n) is 1.13. The zero-order valence-electron chi connectivity index (χ0n) is 8.94. The minimum Gasteiger partial charge on any atom is -0.386 e. The van der Waals surface area contributed by atoms with Gasteiger partial charge in [0.1, 0.15) is 6.10 Å². The topological polar surface area (TPSA) is 107 Å². The van der Waals surface area contributed by atoms with Crippen LogP contribution >= 0.6 is 0 Å². The molecule has 0 aromatic heterocycles. The maximum Gasteiger partial charge on any atom is 0.269 e. The van der Waals surface area contributed by atoms with E-state index in [4.69, 9.17) is 0 Å². The highest BCUT2D eigenvalue weighted by atomic mass is 32.2. The van der Waals surface area contributed by atoms with E-state index in [9.17, 15) is 23.6 Å². The van der Waals surface area contributed by atoms with Gasteiger partial charge < -0.3 is 5.11 Å². The molecule has 1 aromatic rings. The van der Waals surface area contributed by atoms with E-state index in [1.807, 2.05) is 0 Å². The van der Waals surface area contributed by atoms with Crippen molar-refractivity contribution in [3.8, 4) is 0 Å². The van der Waals surface area contributed by atoms with Gasteiger partial charge in [0.2, 0.25) is 0 Å². The van der Waals surface area contributed by atoms with Crippen LogP contribution in [0.2, 0.25) is 0 Å². The number of benzene rings is 1. The number of nitro benzene ring substituents is 1. The van der Waals surface area contributed by atoms with Crippen LogP contribution in [-0.2, 0) is 14.3 Å². The number of non-ortho nitro benzene ring substituents is 1. The Bertz CT molecular complexity index is 512. The Morgan fingerprint density at radius 1 is 1.53 bits per heavy atom. The summed E-state index contributed by atoms with van der Waals surface area (Å²) in [4.78, 5) is 9.89. The van der Waals surface area contributed by atoms with Gasteiger partial charge in [0.15, 0.2) is 0 Å². The molecular formula is C9H11NO6S. The summed E-state index contributed by atoms with van der Waals surface area (Å²) in [5, 5.41) is 20.1. The van der Waals surface area contributed by atoms with Crippen LogP contribution in [0.4, 0.5) is 5.69 Å². The van der Waals surface area contributed by atoms with Crippen molar-refractivity contribution in [3.05, 3.63) is 39.9 Å². The number of aliphatic hydroxyl groups excluding tert-OH is 1. The first kappa shape index (κ1) is 13.6. The molecule has 0 aliphatic heterocycles. The van der Waals surface area contributed by atoms with E-state index in [1.54, 1.807) is 0 Å². The average molecular weight is 261 g/mol. The van der Waals surface area contributed by atoms with Gasteiger partial charge >= 0.3 is 0 Å². The molecular weight excluding hydrogens is 250 g/mol. The van der Waals surface area contributed by atoms with E-state index in [1.165, 1.54) is 18.2 Å². The SMILES string of the molecule is CS(=O)(=O)OCC(O)c1cccc([N+](=O)[O-])c1. The standard InChI is InChI=1S/C9H11NO6S/c1-17(14,15)16-6-9(11)7-3-2-4-8(5-7)10(12)13/h2-5,9,11H,6H2,1H3. The van der Waals surface area contributed by atoms with E-state index >= 15 is 0 Å². The minimum atomic E-state index is -3.65. The van der Waals surface area contributed by atoms with Crippen molar-refractivity contribution in [3.63, 3.8) is 0 Å². The molecule has 1 unspecified atom stereocenters. The van der Waals surface area contributed by atoms with Crippen molar-refractivity contribution < 1.29 is 22.6 Å². The Morgan fingerprint density at radius 3 is 2.71 bits per heavy atom. The van der Waals surface area contributed by atoms with E-state index in [2.05, 4.69) is 4.18 Å². The predicted molar refractivity (Wildman–Crippen MR) is 58.9 cm³/mol. The first-order valence-corrected chi connectivity index (χ1v) is 6.38. The van der Waals surface area contributed by atoms with E-state index in [-0.39, 0.29) is 11.3 Å². The molecule has 0 aliphatic rings. The lowest BCUT2D eigenvalue weighted by Gasteiger charge is -2.09. The molecule has 1 rings (SSSR count). The molecule has 0 spiro atoms. The fraction of sp³-hybridized carbons (Fsp3) is 0.333. The van der Waals surface area contributed by atoms with Gasteiger partial charge in [-0.3, -0.25) is 14.3 Å². The average Bonchev–Trinajstić information content (AvgIpc) is 2.25. The molecule has 0 saturated carbocycles. The lowest BCUT2D eigenvalue weighted by atomic mass is 10.1. The fourth-order valence-corrected chi connectivity index (χ4v) is 1.51. The van der Waals surface area contributed by atoms with Gasteiger partial charge in [-0.15, -0.1) is 0 Å². The highest BCUT2D eigenvalue weighted by molar-refractivity contribution is 7.85. The summed E-state index contributed by atoms with van der Waals surface area (Å²) in [7, 11) is -3.65. The Hall–Kier alpha value is -1.51. The highest BCUT2D eigenvalue weighted by Gasteiger charge is 2.14. The molecule has 17 heavy (non-hydrogen) atoms. The zero-order chi connectivity index (χ0) is 13.1. The van der Waals surface area contributed by atoms with Crippen molar-refractivity contribution in [2.24, 2.45) is 0 Å². The van der Waals surface area contributed by atoms with Gasteiger partial charge in [-0.1, -0.05) is 12.1 Å². The third-order valence-electron chi connectivity index (χ3n) is 1.91. The summed E-state index contributed by atoms with van der Waals surface area (Å²) < 4.78 is 25.8. The van der Waals surface area contributed by atoms with Crippen LogP contribution in [-0.4, -0.2) is 31.3 Å². The number of nitrogens with zero attached hydrogens (tertiary/aromatic N) is 1. The third kappa shape index (κ3) is 4.47. The minimum absolute atomic E-state index is 0.180. The van der Waals surface area contributed by atoms with E-state index in [0.29, 0.717) is 0 Å². The number of hydrogen-bond donors (Lipinski definition) is 1. The molecule has 94 valence electrons. The maximum absolute atomic E-state index is 10.7. The molecule has 0 bridgehead atoms. The quantitative estimate of drug-likeness (QED) is 0.472. The number of aliphatic hydroxyl groups is 1. The van der Waals surface area contributed by atoms with Crippen molar-refractivity contribution in [1.82, 2.24) is 0 Å². The molecule has 7 nitrogen and oxygen atoms in total. The summed E-state index contributed by atoms with van der Waals surface area (Å²) in [6.07, 6.45) is -0.378. The lowest BCUT2D eigenvalue weighted by Crippen LogP contribution is -2.11. The smallest absolute Gasteiger partial charge is 0.269 e. The van der Waals surface area contributed by atoms with E-state index < -0.39 is 27.8 Å². The number of hydrogen-bond acceptors (Lipinski definition) is 6. The predicted octanol–water partition coefficient (Wildman–Crippen LogP) is 0.604. The van der Waals surface area contributed by atoms with Crippen LogP contribution in [0, 0.1) is 10.1 Å². The summed E-state index contributed by atoms with van der Waals surface area (Å²) in [5.41, 5.74) is 0.0451. The molecule has 1 N–H and O–H groups in total. The van der Waals surface area contributed by atoms with Gasteiger partial charge in [-0.25, -0.2) is 0 Å². The second kappa shape index (κ2) is 5.21. The van der Waals surface area contributed by atoms with Gasteiger partial charge in [0.25, 0.3) is 15.8 Å². The highest BCUT2D eigenvalue weighted by Crippen LogP contribution is 2.19. The molecule has 1 atom stereocenters. The molecule has 0 fully saturated rings. The second-order valence-corrected chi connectivity index (χ2v) is 5.00. The van der Waals surface area contributed by atoms with Crippen molar-refractivity contribution in [2.75, 3.05) is 12.9 Å². The Labute approximate surface area is 97.9 Å². The monoisotopic (exact) mass is 261 g/mol. The zero-order valence-corrected chi connectivity index (χ0v) is 9.75. The number of rotatable bonds is 5. The third-order valence-corrected chi connectivity index (χ3v) is 2.47. The summed E-state index contributed by atoms with van der Waals surface area (Å²) in [6.45, 7) is -0.472. The summed E-state index contributed by atoms with van der Waals surface area (Å²) in [6, 6.07) is 5.28. The Balaban J connectivity index is 2.79. The van der Waals surface area contributed by atoms with Crippen molar-refractivity contribution in [1.29, 1.82) is 0 Å². The molecule has 0 saturated heterocycles. The molecule has 0 aliphatic carbocycles. The first-order valence-electron chi connectivity index (χ1n) is 4.56. The van der Waals surface area contributed by atoms with Gasteiger partial charge in [-0.05, 0) is 5.56 Å². The van der Waals surface area contributed by atoms with Crippen LogP contribution < -0.4 is 0 Å². The van der Waals surface area contributed by atoms with Crippen LogP contribution in [0.5, 0.6) is 0 Å². The van der Waals surface area contributed by atoms with Crippen LogP contribution in [0.15, 0.2) is 24.3 Å². The maximum atomic E-state index is 10.7. The molecule has 0 amide bonds. The lowest BCUT2D eigenvalue weighted by molar-refractivity contribution is -0.385. The normalized spacial score (nSPS) is 13.3. The van der Waals surface area contributed by atoms with Crippen molar-refractivity contribution in [2.45, 2.75) is 6.10 Å². The van der Waals surface area contributed by atoms with Crippen LogP contribution in [0.25, 0.3) is 0 Å².